The van der Waals surface area contributed by atoms with E-state index in [4.69, 9.17) is 16.3 Å². The summed E-state index contributed by atoms with van der Waals surface area (Å²) in [5.74, 6) is 0. The van der Waals surface area contributed by atoms with E-state index in [1.54, 1.807) is 7.11 Å². The van der Waals surface area contributed by atoms with E-state index in [0.29, 0.717) is 19.7 Å². The Morgan fingerprint density at radius 1 is 1.32 bits per heavy atom. The minimum absolute atomic E-state index is 0.100. The summed E-state index contributed by atoms with van der Waals surface area (Å²) in [6.07, 6.45) is 2.21. The number of nitrogens with one attached hydrogen (secondary N) is 2. The summed E-state index contributed by atoms with van der Waals surface area (Å²) in [7, 11) is 1.61. The zero-order valence-electron chi connectivity index (χ0n) is 11.0. The van der Waals surface area contributed by atoms with Crippen LogP contribution in [0, 0.1) is 0 Å². The molecule has 1 aromatic rings. The zero-order valence-corrected chi connectivity index (χ0v) is 11.8. The van der Waals surface area contributed by atoms with E-state index in [0.717, 1.165) is 17.9 Å². The van der Waals surface area contributed by atoms with Crippen LogP contribution in [0.5, 0.6) is 0 Å². The van der Waals surface area contributed by atoms with Crippen molar-refractivity contribution in [2.24, 2.45) is 0 Å². The molecule has 4 nitrogen and oxygen atoms in total. The molecule has 2 N–H and O–H groups in total. The maximum Gasteiger partial charge on any atom is 0.314 e. The molecule has 1 fully saturated rings. The van der Waals surface area contributed by atoms with Gasteiger partial charge < -0.3 is 15.4 Å². The molecule has 1 saturated carbocycles. The Morgan fingerprint density at radius 3 is 2.58 bits per heavy atom. The van der Waals surface area contributed by atoms with E-state index in [2.05, 4.69) is 10.6 Å². The summed E-state index contributed by atoms with van der Waals surface area (Å²) < 4.78 is 4.88. The van der Waals surface area contributed by atoms with Gasteiger partial charge in [0.1, 0.15) is 0 Å². The summed E-state index contributed by atoms with van der Waals surface area (Å²) >= 11 is 5.89. The SMILES string of the molecule is COCCNC(=O)NCC1(c2ccc(Cl)cc2)CC1. The van der Waals surface area contributed by atoms with Crippen LogP contribution in [0.15, 0.2) is 24.3 Å². The molecule has 0 aliphatic heterocycles. The van der Waals surface area contributed by atoms with Crippen molar-refractivity contribution in [3.05, 3.63) is 34.9 Å². The molecule has 104 valence electrons. The number of methoxy groups -OCH3 is 1. The minimum Gasteiger partial charge on any atom is -0.383 e. The third kappa shape index (κ3) is 3.85. The summed E-state index contributed by atoms with van der Waals surface area (Å²) in [6, 6.07) is 7.74. The van der Waals surface area contributed by atoms with E-state index < -0.39 is 0 Å². The second-order valence-electron chi connectivity index (χ2n) is 4.89. The van der Waals surface area contributed by atoms with Gasteiger partial charge in [-0.15, -0.1) is 0 Å². The van der Waals surface area contributed by atoms with Crippen LogP contribution in [0.4, 0.5) is 4.79 Å². The molecule has 2 amide bonds. The van der Waals surface area contributed by atoms with Gasteiger partial charge in [-0.05, 0) is 30.5 Å². The van der Waals surface area contributed by atoms with Crippen LogP contribution in [-0.4, -0.2) is 32.8 Å². The first-order chi connectivity index (χ1) is 9.16. The number of urea groups is 1. The zero-order chi connectivity index (χ0) is 13.7. The van der Waals surface area contributed by atoms with Crippen molar-refractivity contribution in [2.75, 3.05) is 26.8 Å². The van der Waals surface area contributed by atoms with E-state index in [1.165, 1.54) is 5.56 Å². The summed E-state index contributed by atoms with van der Waals surface area (Å²) in [6.45, 7) is 1.71. The average Bonchev–Trinajstić information content (AvgIpc) is 3.19. The Hall–Kier alpha value is -1.26. The monoisotopic (exact) mass is 282 g/mol. The molecular formula is C14H19ClN2O2. The highest BCUT2D eigenvalue weighted by molar-refractivity contribution is 6.30. The van der Waals surface area contributed by atoms with Crippen molar-refractivity contribution < 1.29 is 9.53 Å². The van der Waals surface area contributed by atoms with Crippen LogP contribution in [0.2, 0.25) is 5.02 Å². The largest absolute Gasteiger partial charge is 0.383 e. The van der Waals surface area contributed by atoms with E-state index in [1.807, 2.05) is 24.3 Å². The Kier molecular flexibility index (Phi) is 4.66. The highest BCUT2D eigenvalue weighted by Gasteiger charge is 2.44. The third-order valence-corrected chi connectivity index (χ3v) is 3.74. The number of carbonyl (C=O) groups is 1. The van der Waals surface area contributed by atoms with Crippen molar-refractivity contribution in [1.29, 1.82) is 0 Å². The number of rotatable bonds is 6. The molecule has 1 aliphatic rings. The predicted octanol–water partition coefficient (Wildman–Crippen LogP) is 2.32. The van der Waals surface area contributed by atoms with Crippen molar-refractivity contribution >= 4 is 17.6 Å². The molecule has 5 heteroatoms. The molecule has 0 saturated heterocycles. The van der Waals surface area contributed by atoms with E-state index >= 15 is 0 Å². The van der Waals surface area contributed by atoms with Gasteiger partial charge in [-0.2, -0.15) is 0 Å². The number of ether oxygens (including phenoxy) is 1. The minimum atomic E-state index is -0.141. The Labute approximate surface area is 118 Å². The molecule has 0 aromatic heterocycles. The van der Waals surface area contributed by atoms with Gasteiger partial charge in [0.2, 0.25) is 0 Å². The topological polar surface area (TPSA) is 50.4 Å². The lowest BCUT2D eigenvalue weighted by Crippen LogP contribution is -2.41. The highest BCUT2D eigenvalue weighted by atomic mass is 35.5. The maximum absolute atomic E-state index is 11.6. The lowest BCUT2D eigenvalue weighted by molar-refractivity contribution is 0.195. The van der Waals surface area contributed by atoms with Crippen molar-refractivity contribution in [2.45, 2.75) is 18.3 Å². The fourth-order valence-electron chi connectivity index (χ4n) is 2.10. The van der Waals surface area contributed by atoms with Gasteiger partial charge in [0.15, 0.2) is 0 Å². The first kappa shape index (κ1) is 14.2. The number of carbonyl (C=O) groups excluding carboxylic acids is 1. The van der Waals surface area contributed by atoms with E-state index in [-0.39, 0.29) is 11.4 Å². The molecule has 0 atom stereocenters. The second-order valence-corrected chi connectivity index (χ2v) is 5.33. The fraction of sp³-hybridized carbons (Fsp3) is 0.500. The van der Waals surface area contributed by atoms with Gasteiger partial charge in [0, 0.05) is 30.6 Å². The summed E-state index contributed by atoms with van der Waals surface area (Å²) in [5.41, 5.74) is 1.34. The maximum atomic E-state index is 11.6. The Morgan fingerprint density at radius 2 is 2.00 bits per heavy atom. The molecule has 2 rings (SSSR count). The Bertz CT molecular complexity index is 430. The third-order valence-electron chi connectivity index (χ3n) is 3.49. The van der Waals surface area contributed by atoms with Crippen LogP contribution in [-0.2, 0) is 10.2 Å². The van der Waals surface area contributed by atoms with Crippen LogP contribution in [0.1, 0.15) is 18.4 Å². The molecule has 0 heterocycles. The van der Waals surface area contributed by atoms with Gasteiger partial charge in [0.05, 0.1) is 6.61 Å². The molecular weight excluding hydrogens is 264 g/mol. The van der Waals surface area contributed by atoms with Crippen LogP contribution >= 0.6 is 11.6 Å². The van der Waals surface area contributed by atoms with Crippen LogP contribution in [0.25, 0.3) is 0 Å². The van der Waals surface area contributed by atoms with Gasteiger partial charge in [0.25, 0.3) is 0 Å². The molecule has 1 aliphatic carbocycles. The first-order valence-corrected chi connectivity index (χ1v) is 6.81. The normalized spacial score (nSPS) is 15.9. The number of amides is 2. The van der Waals surface area contributed by atoms with Crippen molar-refractivity contribution in [3.8, 4) is 0 Å². The summed E-state index contributed by atoms with van der Waals surface area (Å²) in [4.78, 5) is 11.6. The smallest absolute Gasteiger partial charge is 0.314 e. The van der Waals surface area contributed by atoms with E-state index in [9.17, 15) is 4.79 Å². The molecule has 0 unspecified atom stereocenters. The number of hydrogen-bond acceptors (Lipinski definition) is 2. The lowest BCUT2D eigenvalue weighted by Gasteiger charge is -2.17. The molecule has 0 spiro atoms. The van der Waals surface area contributed by atoms with Gasteiger partial charge >= 0.3 is 6.03 Å². The number of halogens is 1. The van der Waals surface area contributed by atoms with Crippen LogP contribution in [0.3, 0.4) is 0 Å². The van der Waals surface area contributed by atoms with Gasteiger partial charge in [-0.3, -0.25) is 0 Å². The Balaban J connectivity index is 1.82. The molecule has 1 aromatic carbocycles. The lowest BCUT2D eigenvalue weighted by atomic mass is 9.96. The standard InChI is InChI=1S/C14H19ClN2O2/c1-19-9-8-16-13(18)17-10-14(6-7-14)11-2-4-12(15)5-3-11/h2-5H,6-10H2,1H3,(H2,16,17,18). The fourth-order valence-corrected chi connectivity index (χ4v) is 2.23. The predicted molar refractivity (Wildman–Crippen MR) is 75.6 cm³/mol. The van der Waals surface area contributed by atoms with Gasteiger partial charge in [-0.1, -0.05) is 23.7 Å². The highest BCUT2D eigenvalue weighted by Crippen LogP contribution is 2.47. The van der Waals surface area contributed by atoms with Crippen molar-refractivity contribution in [3.63, 3.8) is 0 Å². The molecule has 0 bridgehead atoms. The average molecular weight is 283 g/mol. The van der Waals surface area contributed by atoms with Crippen LogP contribution < -0.4 is 10.6 Å². The quantitative estimate of drug-likeness (QED) is 0.787. The molecule has 0 radical (unpaired) electrons. The van der Waals surface area contributed by atoms with Crippen molar-refractivity contribution in [1.82, 2.24) is 10.6 Å². The number of hydrogen-bond donors (Lipinski definition) is 2. The second kappa shape index (κ2) is 6.26. The number of benzene rings is 1. The summed E-state index contributed by atoms with van der Waals surface area (Å²) in [5, 5.41) is 6.41. The first-order valence-electron chi connectivity index (χ1n) is 6.43. The van der Waals surface area contributed by atoms with Gasteiger partial charge in [-0.25, -0.2) is 4.79 Å². The molecule has 19 heavy (non-hydrogen) atoms.